The minimum absolute atomic E-state index is 0.0941. The van der Waals surface area contributed by atoms with Gasteiger partial charge in [-0.3, -0.25) is 0 Å². The Labute approximate surface area is 133 Å². The Morgan fingerprint density at radius 2 is 2.14 bits per heavy atom. The molecular weight excluding hydrogens is 385 g/mol. The third kappa shape index (κ3) is 2.56. The van der Waals surface area contributed by atoms with Crippen LogP contribution < -0.4 is 4.74 Å². The Morgan fingerprint density at radius 3 is 2.90 bits per heavy atom. The molecule has 2 aromatic heterocycles. The average molecular weight is 395 g/mol. The summed E-state index contributed by atoms with van der Waals surface area (Å²) in [6, 6.07) is 6.77. The van der Waals surface area contributed by atoms with Crippen molar-refractivity contribution in [2.24, 2.45) is 7.05 Å². The van der Waals surface area contributed by atoms with Crippen LogP contribution in [0.4, 0.5) is 0 Å². The van der Waals surface area contributed by atoms with Gasteiger partial charge in [-0.2, -0.15) is 0 Å². The van der Waals surface area contributed by atoms with Crippen LogP contribution in [0.2, 0.25) is 0 Å². The highest BCUT2D eigenvalue weighted by Gasteiger charge is 2.15. The van der Waals surface area contributed by atoms with E-state index in [-0.39, 0.29) is 17.2 Å². The van der Waals surface area contributed by atoms with E-state index in [2.05, 4.69) is 32.6 Å². The van der Waals surface area contributed by atoms with Gasteiger partial charge in [0.2, 0.25) is 5.88 Å². The van der Waals surface area contributed by atoms with Gasteiger partial charge in [-0.05, 0) is 46.9 Å². The standard InChI is InChI=1S/C14H10IN3O3/c1-18-7-17-12-10(18)4-5-16-13(12)21-11-3-2-8(15)6-9(11)14(19)20/h2-7H,1H3,(H,19,20). The van der Waals surface area contributed by atoms with Crippen molar-refractivity contribution in [3.05, 3.63) is 45.9 Å². The molecule has 0 aliphatic rings. The number of halogens is 1. The Kier molecular flexibility index (Phi) is 3.50. The van der Waals surface area contributed by atoms with Gasteiger partial charge in [-0.1, -0.05) is 0 Å². The van der Waals surface area contributed by atoms with Gasteiger partial charge in [-0.15, -0.1) is 0 Å². The summed E-state index contributed by atoms with van der Waals surface area (Å²) in [4.78, 5) is 19.7. The highest BCUT2D eigenvalue weighted by atomic mass is 127. The van der Waals surface area contributed by atoms with Gasteiger partial charge in [-0.25, -0.2) is 14.8 Å². The van der Waals surface area contributed by atoms with Gasteiger partial charge in [0.05, 0.1) is 11.8 Å². The zero-order chi connectivity index (χ0) is 15.0. The summed E-state index contributed by atoms with van der Waals surface area (Å²) in [6.07, 6.45) is 3.26. The van der Waals surface area contributed by atoms with Gasteiger partial charge >= 0.3 is 5.97 Å². The zero-order valence-corrected chi connectivity index (χ0v) is 13.1. The first-order chi connectivity index (χ1) is 10.1. The van der Waals surface area contributed by atoms with Gasteiger partial charge < -0.3 is 14.4 Å². The van der Waals surface area contributed by atoms with Gasteiger partial charge in [0.1, 0.15) is 11.3 Å². The number of aryl methyl sites for hydroxylation is 1. The number of aromatic carboxylic acids is 1. The number of carboxylic acids is 1. The lowest BCUT2D eigenvalue weighted by molar-refractivity contribution is 0.0694. The summed E-state index contributed by atoms with van der Waals surface area (Å²) >= 11 is 2.05. The molecule has 0 saturated heterocycles. The quantitative estimate of drug-likeness (QED) is 0.690. The van der Waals surface area contributed by atoms with E-state index in [1.165, 1.54) is 0 Å². The zero-order valence-electron chi connectivity index (χ0n) is 10.9. The highest BCUT2D eigenvalue weighted by Crippen LogP contribution is 2.29. The second-order valence-corrected chi connectivity index (χ2v) is 5.63. The molecule has 0 aliphatic carbocycles. The topological polar surface area (TPSA) is 77.2 Å². The number of pyridine rings is 1. The maximum absolute atomic E-state index is 11.3. The first-order valence-corrected chi connectivity index (χ1v) is 7.11. The minimum atomic E-state index is -1.04. The summed E-state index contributed by atoms with van der Waals surface area (Å²) < 4.78 is 8.35. The molecule has 0 aliphatic heterocycles. The van der Waals surface area contributed by atoms with Crippen molar-refractivity contribution in [3.8, 4) is 11.6 Å². The molecule has 1 N–H and O–H groups in total. The fourth-order valence-corrected chi connectivity index (χ4v) is 2.47. The SMILES string of the molecule is Cn1cnc2c(Oc3ccc(I)cc3C(=O)O)nccc21. The number of benzene rings is 1. The van der Waals surface area contributed by atoms with Crippen molar-refractivity contribution in [3.63, 3.8) is 0 Å². The van der Waals surface area contributed by atoms with E-state index in [1.54, 1.807) is 30.7 Å². The van der Waals surface area contributed by atoms with E-state index in [1.807, 2.05) is 17.7 Å². The molecule has 6 nitrogen and oxygen atoms in total. The van der Waals surface area contributed by atoms with Crippen LogP contribution in [-0.4, -0.2) is 25.6 Å². The van der Waals surface area contributed by atoms with Crippen molar-refractivity contribution < 1.29 is 14.6 Å². The van der Waals surface area contributed by atoms with Crippen LogP contribution in [0.1, 0.15) is 10.4 Å². The van der Waals surface area contributed by atoms with Crippen molar-refractivity contribution in [2.45, 2.75) is 0 Å². The molecule has 21 heavy (non-hydrogen) atoms. The predicted molar refractivity (Wildman–Crippen MR) is 84.7 cm³/mol. The van der Waals surface area contributed by atoms with Crippen LogP contribution >= 0.6 is 22.6 Å². The summed E-state index contributed by atoms with van der Waals surface area (Å²) in [5.41, 5.74) is 1.55. The van der Waals surface area contributed by atoms with E-state index in [4.69, 9.17) is 4.74 Å². The summed E-state index contributed by atoms with van der Waals surface area (Å²) in [7, 11) is 1.87. The largest absolute Gasteiger partial charge is 0.478 e. The lowest BCUT2D eigenvalue weighted by Crippen LogP contribution is -2.01. The van der Waals surface area contributed by atoms with Crippen LogP contribution in [0.3, 0.4) is 0 Å². The molecule has 3 aromatic rings. The second-order valence-electron chi connectivity index (χ2n) is 4.39. The van der Waals surface area contributed by atoms with Crippen LogP contribution in [0, 0.1) is 3.57 Å². The molecule has 0 fully saturated rings. The van der Waals surface area contributed by atoms with Crippen molar-refractivity contribution >= 4 is 39.6 Å². The molecular formula is C14H10IN3O3. The first kappa shape index (κ1) is 13.8. The fraction of sp³-hybridized carbons (Fsp3) is 0.0714. The van der Waals surface area contributed by atoms with Gasteiger partial charge in [0.15, 0.2) is 5.52 Å². The molecule has 0 atom stereocenters. The Balaban J connectivity index is 2.09. The van der Waals surface area contributed by atoms with Gasteiger partial charge in [0.25, 0.3) is 0 Å². The lowest BCUT2D eigenvalue weighted by Gasteiger charge is -2.08. The van der Waals surface area contributed by atoms with Crippen LogP contribution in [0.15, 0.2) is 36.8 Å². The molecule has 7 heteroatoms. The lowest BCUT2D eigenvalue weighted by atomic mass is 10.2. The van der Waals surface area contributed by atoms with E-state index < -0.39 is 5.97 Å². The molecule has 0 bridgehead atoms. The van der Waals surface area contributed by atoms with E-state index in [0.29, 0.717) is 5.52 Å². The maximum Gasteiger partial charge on any atom is 0.339 e. The Morgan fingerprint density at radius 1 is 1.33 bits per heavy atom. The molecule has 0 spiro atoms. The maximum atomic E-state index is 11.3. The van der Waals surface area contributed by atoms with Gasteiger partial charge in [0, 0.05) is 16.8 Å². The number of fused-ring (bicyclic) bond motifs is 1. The van der Waals surface area contributed by atoms with Crippen molar-refractivity contribution in [1.82, 2.24) is 14.5 Å². The Hall–Kier alpha value is -2.16. The van der Waals surface area contributed by atoms with Crippen LogP contribution in [0.25, 0.3) is 11.0 Å². The van der Waals surface area contributed by atoms with E-state index in [0.717, 1.165) is 9.09 Å². The van der Waals surface area contributed by atoms with Crippen molar-refractivity contribution in [2.75, 3.05) is 0 Å². The predicted octanol–water partition coefficient (Wildman–Crippen LogP) is 3.06. The number of carbonyl (C=O) groups is 1. The van der Waals surface area contributed by atoms with E-state index in [9.17, 15) is 9.90 Å². The smallest absolute Gasteiger partial charge is 0.339 e. The fourth-order valence-electron chi connectivity index (χ4n) is 1.97. The number of hydrogen-bond donors (Lipinski definition) is 1. The molecule has 0 saturated carbocycles. The van der Waals surface area contributed by atoms with E-state index >= 15 is 0 Å². The number of imidazole rings is 1. The number of nitrogens with zero attached hydrogens (tertiary/aromatic N) is 3. The Bertz CT molecular complexity index is 845. The monoisotopic (exact) mass is 395 g/mol. The minimum Gasteiger partial charge on any atom is -0.478 e. The normalized spacial score (nSPS) is 10.8. The molecule has 3 rings (SSSR count). The molecule has 2 heterocycles. The highest BCUT2D eigenvalue weighted by molar-refractivity contribution is 14.1. The number of hydrogen-bond acceptors (Lipinski definition) is 4. The third-order valence-corrected chi connectivity index (χ3v) is 3.66. The first-order valence-electron chi connectivity index (χ1n) is 6.03. The number of carboxylic acid groups (broad SMARTS) is 1. The number of aromatic nitrogens is 3. The number of ether oxygens (including phenoxy) is 1. The summed E-state index contributed by atoms with van der Waals surface area (Å²) in [5, 5.41) is 9.26. The summed E-state index contributed by atoms with van der Waals surface area (Å²) in [5.74, 6) is -0.512. The molecule has 0 unspecified atom stereocenters. The van der Waals surface area contributed by atoms with Crippen LogP contribution in [0.5, 0.6) is 11.6 Å². The van der Waals surface area contributed by atoms with Crippen LogP contribution in [-0.2, 0) is 7.05 Å². The van der Waals surface area contributed by atoms with Crippen molar-refractivity contribution in [1.29, 1.82) is 0 Å². The molecule has 0 radical (unpaired) electrons. The molecule has 1 aromatic carbocycles. The number of rotatable bonds is 3. The average Bonchev–Trinajstić information content (AvgIpc) is 2.83. The molecule has 0 amide bonds. The third-order valence-electron chi connectivity index (χ3n) is 2.99. The second kappa shape index (κ2) is 5.32. The molecule has 106 valence electrons. The summed E-state index contributed by atoms with van der Waals surface area (Å²) in [6.45, 7) is 0.